The molecule has 30 heavy (non-hydrogen) atoms. The van der Waals surface area contributed by atoms with Crippen LogP contribution in [0.1, 0.15) is 168 Å². The molecule has 2 nitrogen and oxygen atoms in total. The highest BCUT2D eigenvalue weighted by Crippen LogP contribution is 2.32. The normalized spacial score (nSPS) is 11.7. The Morgan fingerprint density at radius 2 is 0.733 bits per heavy atom. The van der Waals surface area contributed by atoms with Crippen molar-refractivity contribution in [3.8, 4) is 0 Å². The average molecular weight is 425 g/mol. The maximum atomic E-state index is 11.4. The van der Waals surface area contributed by atoms with Crippen LogP contribution in [0.3, 0.4) is 0 Å². The summed E-state index contributed by atoms with van der Waals surface area (Å²) in [4.78, 5) is 11.4. The van der Waals surface area contributed by atoms with Gasteiger partial charge in [0.2, 0.25) is 0 Å². The number of hydrogen-bond donors (Lipinski definition) is 0. The number of carbonyl (C=O) groups excluding carboxylic acids is 1. The van der Waals surface area contributed by atoms with E-state index in [1.165, 1.54) is 128 Å². The number of hydrogen-bond acceptors (Lipinski definition) is 2. The van der Waals surface area contributed by atoms with E-state index in [0.717, 1.165) is 25.7 Å². The Hall–Kier alpha value is -0.530. The monoisotopic (exact) mass is 424 g/mol. The van der Waals surface area contributed by atoms with E-state index in [1.807, 2.05) is 0 Å². The maximum Gasteiger partial charge on any atom is 0.293 e. The number of rotatable bonds is 25. The second-order valence-electron chi connectivity index (χ2n) is 9.66. The molecule has 0 atom stereocenters. The van der Waals surface area contributed by atoms with Crippen LogP contribution in [0, 0.1) is 0 Å². The first kappa shape index (κ1) is 29.5. The SMILES string of the molecule is CCCCCCCCCC(CCCCCCCC)(CCCCCCCCC)OC=O. The van der Waals surface area contributed by atoms with Crippen molar-refractivity contribution in [2.75, 3.05) is 0 Å². The van der Waals surface area contributed by atoms with E-state index in [4.69, 9.17) is 4.74 Å². The summed E-state index contributed by atoms with van der Waals surface area (Å²) >= 11 is 0. The first-order valence-corrected chi connectivity index (χ1v) is 13.9. The van der Waals surface area contributed by atoms with Crippen LogP contribution >= 0.6 is 0 Å². The van der Waals surface area contributed by atoms with E-state index >= 15 is 0 Å². The largest absolute Gasteiger partial charge is 0.461 e. The van der Waals surface area contributed by atoms with E-state index in [0.29, 0.717) is 0 Å². The van der Waals surface area contributed by atoms with Crippen LogP contribution in [0.25, 0.3) is 0 Å². The molecule has 0 radical (unpaired) electrons. The molecule has 0 bridgehead atoms. The van der Waals surface area contributed by atoms with Crippen LogP contribution in [0.5, 0.6) is 0 Å². The van der Waals surface area contributed by atoms with Crippen LogP contribution < -0.4 is 0 Å². The predicted molar refractivity (Wildman–Crippen MR) is 133 cm³/mol. The molecule has 0 heterocycles. The molecule has 0 unspecified atom stereocenters. The molecule has 180 valence electrons. The zero-order valence-corrected chi connectivity index (χ0v) is 21.2. The Morgan fingerprint density at radius 1 is 0.467 bits per heavy atom. The van der Waals surface area contributed by atoms with Gasteiger partial charge < -0.3 is 4.74 Å². The minimum Gasteiger partial charge on any atom is -0.461 e. The third-order valence-corrected chi connectivity index (χ3v) is 6.76. The minimum absolute atomic E-state index is 0.181. The highest BCUT2D eigenvalue weighted by atomic mass is 16.5. The van der Waals surface area contributed by atoms with Gasteiger partial charge in [0, 0.05) is 0 Å². The molecule has 0 N–H and O–H groups in total. The van der Waals surface area contributed by atoms with Crippen molar-refractivity contribution >= 4 is 6.47 Å². The summed E-state index contributed by atoms with van der Waals surface area (Å²) in [7, 11) is 0. The molecule has 0 aliphatic carbocycles. The molecule has 0 amide bonds. The van der Waals surface area contributed by atoms with Crippen LogP contribution in [0.2, 0.25) is 0 Å². The number of unbranched alkanes of at least 4 members (excludes halogenated alkanes) is 17. The lowest BCUT2D eigenvalue weighted by Gasteiger charge is -2.32. The second-order valence-corrected chi connectivity index (χ2v) is 9.66. The summed E-state index contributed by atoms with van der Waals surface area (Å²) < 4.78 is 5.87. The molecule has 0 aromatic rings. The van der Waals surface area contributed by atoms with Crippen LogP contribution in [0.15, 0.2) is 0 Å². The highest BCUT2D eigenvalue weighted by Gasteiger charge is 2.30. The summed E-state index contributed by atoms with van der Waals surface area (Å²) in [5.74, 6) is 0. The van der Waals surface area contributed by atoms with Crippen LogP contribution in [0.4, 0.5) is 0 Å². The zero-order chi connectivity index (χ0) is 22.2. The molecule has 0 saturated carbocycles. The van der Waals surface area contributed by atoms with E-state index in [9.17, 15) is 4.79 Å². The Labute approximate surface area is 190 Å². The van der Waals surface area contributed by atoms with E-state index in [2.05, 4.69) is 20.8 Å². The van der Waals surface area contributed by atoms with Gasteiger partial charge in [0.15, 0.2) is 0 Å². The number of carbonyl (C=O) groups is 1. The van der Waals surface area contributed by atoms with Gasteiger partial charge in [-0.25, -0.2) is 0 Å². The fraction of sp³-hybridized carbons (Fsp3) is 0.964. The molecular weight excluding hydrogens is 368 g/mol. The summed E-state index contributed by atoms with van der Waals surface area (Å²) in [6.07, 6.45) is 29.6. The lowest BCUT2D eigenvalue weighted by atomic mass is 9.84. The third kappa shape index (κ3) is 18.3. The topological polar surface area (TPSA) is 26.3 Å². The highest BCUT2D eigenvalue weighted by molar-refractivity contribution is 5.38. The Kier molecular flexibility index (Phi) is 22.7. The molecule has 0 aromatic heterocycles. The summed E-state index contributed by atoms with van der Waals surface area (Å²) in [6, 6.07) is 0. The van der Waals surface area contributed by atoms with E-state index < -0.39 is 0 Å². The van der Waals surface area contributed by atoms with Crippen LogP contribution in [-0.2, 0) is 9.53 Å². The number of ether oxygens (including phenoxy) is 1. The van der Waals surface area contributed by atoms with Gasteiger partial charge in [-0.05, 0) is 38.5 Å². The second kappa shape index (κ2) is 23.1. The van der Waals surface area contributed by atoms with Gasteiger partial charge in [-0.2, -0.15) is 0 Å². The van der Waals surface area contributed by atoms with Gasteiger partial charge in [-0.3, -0.25) is 4.79 Å². The molecule has 0 spiro atoms. The first-order valence-electron chi connectivity index (χ1n) is 13.9. The van der Waals surface area contributed by atoms with Gasteiger partial charge in [0.25, 0.3) is 6.47 Å². The Balaban J connectivity index is 4.40. The summed E-state index contributed by atoms with van der Waals surface area (Å²) in [5, 5.41) is 0. The first-order chi connectivity index (χ1) is 14.7. The van der Waals surface area contributed by atoms with E-state index in [1.54, 1.807) is 0 Å². The Bertz CT molecular complexity index is 322. The molecule has 0 saturated heterocycles. The fourth-order valence-corrected chi connectivity index (χ4v) is 4.69. The standard InChI is InChI=1S/C28H56O2/c1-4-7-10-13-16-19-22-25-28(30-27-29,24-21-18-15-12-9-6-3)26-23-20-17-14-11-8-5-2/h27H,4-26H2,1-3H3. The maximum absolute atomic E-state index is 11.4. The average Bonchev–Trinajstić information content (AvgIpc) is 2.75. The minimum atomic E-state index is -0.181. The molecule has 2 heteroatoms. The van der Waals surface area contributed by atoms with Crippen molar-refractivity contribution in [1.29, 1.82) is 0 Å². The van der Waals surface area contributed by atoms with Gasteiger partial charge in [0.1, 0.15) is 5.60 Å². The molecular formula is C28H56O2. The predicted octanol–water partition coefficient (Wildman–Crippen LogP) is 9.93. The molecule has 0 fully saturated rings. The lowest BCUT2D eigenvalue weighted by molar-refractivity contribution is -0.146. The molecule has 0 aliphatic rings. The van der Waals surface area contributed by atoms with Gasteiger partial charge in [-0.15, -0.1) is 0 Å². The quantitative estimate of drug-likeness (QED) is 0.108. The third-order valence-electron chi connectivity index (χ3n) is 6.76. The van der Waals surface area contributed by atoms with Crippen molar-refractivity contribution < 1.29 is 9.53 Å². The zero-order valence-electron chi connectivity index (χ0n) is 21.2. The van der Waals surface area contributed by atoms with Gasteiger partial charge in [0.05, 0.1) is 0 Å². The van der Waals surface area contributed by atoms with Crippen molar-refractivity contribution in [3.63, 3.8) is 0 Å². The summed E-state index contributed by atoms with van der Waals surface area (Å²) in [6.45, 7) is 7.57. The molecule has 0 rings (SSSR count). The van der Waals surface area contributed by atoms with Crippen molar-refractivity contribution in [3.05, 3.63) is 0 Å². The van der Waals surface area contributed by atoms with Gasteiger partial charge in [-0.1, -0.05) is 130 Å². The van der Waals surface area contributed by atoms with Gasteiger partial charge >= 0.3 is 0 Å². The van der Waals surface area contributed by atoms with Crippen LogP contribution in [-0.4, -0.2) is 12.1 Å². The fourth-order valence-electron chi connectivity index (χ4n) is 4.69. The lowest BCUT2D eigenvalue weighted by Crippen LogP contribution is -2.32. The molecule has 0 aromatic carbocycles. The smallest absolute Gasteiger partial charge is 0.293 e. The molecule has 0 aliphatic heterocycles. The van der Waals surface area contributed by atoms with Crippen molar-refractivity contribution in [1.82, 2.24) is 0 Å². The summed E-state index contributed by atoms with van der Waals surface area (Å²) in [5.41, 5.74) is -0.181. The van der Waals surface area contributed by atoms with Crippen molar-refractivity contribution in [2.24, 2.45) is 0 Å². The Morgan fingerprint density at radius 3 is 1.00 bits per heavy atom. The van der Waals surface area contributed by atoms with E-state index in [-0.39, 0.29) is 5.60 Å². The van der Waals surface area contributed by atoms with Crippen molar-refractivity contribution in [2.45, 2.75) is 174 Å².